The highest BCUT2D eigenvalue weighted by Crippen LogP contribution is 2.42. The van der Waals surface area contributed by atoms with Gasteiger partial charge in [0.2, 0.25) is 5.91 Å². The largest absolute Gasteiger partial charge is 0.586 e. The van der Waals surface area contributed by atoms with Crippen LogP contribution in [0.2, 0.25) is 0 Å². The molecule has 0 aliphatic carbocycles. The van der Waals surface area contributed by atoms with Crippen molar-refractivity contribution in [2.75, 3.05) is 18.9 Å². The van der Waals surface area contributed by atoms with Crippen LogP contribution >= 0.6 is 11.3 Å². The molecule has 0 unspecified atom stereocenters. The Morgan fingerprint density at radius 3 is 2.83 bits per heavy atom. The number of hydrogen-bond donors (Lipinski definition) is 1. The minimum absolute atomic E-state index is 0.0532. The van der Waals surface area contributed by atoms with Crippen LogP contribution in [-0.2, 0) is 11.3 Å². The van der Waals surface area contributed by atoms with E-state index in [1.165, 1.54) is 18.2 Å². The summed E-state index contributed by atoms with van der Waals surface area (Å²) in [7, 11) is 1.83. The Labute approximate surface area is 135 Å². The molecule has 2 aromatic rings. The molecular weight excluding hydrogens is 326 g/mol. The highest BCUT2D eigenvalue weighted by molar-refractivity contribution is 7.07. The number of carbonyl (C=O) groups is 1. The Morgan fingerprint density at radius 1 is 1.30 bits per heavy atom. The summed E-state index contributed by atoms with van der Waals surface area (Å²) in [5, 5.41) is 6.65. The van der Waals surface area contributed by atoms with Crippen molar-refractivity contribution in [2.45, 2.75) is 12.8 Å². The highest BCUT2D eigenvalue weighted by Gasteiger charge is 2.43. The molecule has 1 aromatic heterocycles. The lowest BCUT2D eigenvalue weighted by Crippen LogP contribution is -2.29. The van der Waals surface area contributed by atoms with Gasteiger partial charge in [0.15, 0.2) is 11.5 Å². The van der Waals surface area contributed by atoms with Crippen molar-refractivity contribution in [3.63, 3.8) is 0 Å². The predicted octanol–water partition coefficient (Wildman–Crippen LogP) is 3.14. The Kier molecular flexibility index (Phi) is 4.18. The molecule has 1 aliphatic heterocycles. The molecule has 0 spiro atoms. The topological polar surface area (TPSA) is 50.8 Å². The van der Waals surface area contributed by atoms with E-state index in [1.54, 1.807) is 11.3 Å². The molecule has 1 amide bonds. The van der Waals surface area contributed by atoms with E-state index in [-0.39, 0.29) is 24.0 Å². The number of anilines is 1. The molecule has 122 valence electrons. The summed E-state index contributed by atoms with van der Waals surface area (Å²) in [6.45, 7) is 0.838. The molecular formula is C15H14F2N2O3S. The van der Waals surface area contributed by atoms with E-state index in [1.807, 2.05) is 28.8 Å². The second-order valence-corrected chi connectivity index (χ2v) is 5.96. The van der Waals surface area contributed by atoms with Crippen molar-refractivity contribution in [1.82, 2.24) is 4.90 Å². The lowest BCUT2D eigenvalue weighted by Gasteiger charge is -2.15. The zero-order chi connectivity index (χ0) is 16.4. The zero-order valence-electron chi connectivity index (χ0n) is 12.2. The third-order valence-corrected chi connectivity index (χ3v) is 3.86. The van der Waals surface area contributed by atoms with Gasteiger partial charge in [-0.3, -0.25) is 9.69 Å². The van der Waals surface area contributed by atoms with Crippen molar-refractivity contribution in [3.8, 4) is 11.5 Å². The number of nitrogens with zero attached hydrogens (tertiary/aromatic N) is 1. The second kappa shape index (κ2) is 6.13. The average Bonchev–Trinajstić information content (AvgIpc) is 3.03. The van der Waals surface area contributed by atoms with Gasteiger partial charge >= 0.3 is 6.29 Å². The minimum Gasteiger partial charge on any atom is -0.395 e. The summed E-state index contributed by atoms with van der Waals surface area (Å²) >= 11 is 1.60. The molecule has 0 saturated carbocycles. The number of ether oxygens (including phenoxy) is 2. The smallest absolute Gasteiger partial charge is 0.395 e. The summed E-state index contributed by atoms with van der Waals surface area (Å²) in [5.41, 5.74) is 1.51. The molecule has 1 N–H and O–H groups in total. The molecule has 0 saturated heterocycles. The number of nitrogens with one attached hydrogen (secondary N) is 1. The van der Waals surface area contributed by atoms with Gasteiger partial charge in [-0.2, -0.15) is 11.3 Å². The van der Waals surface area contributed by atoms with Crippen LogP contribution in [0.1, 0.15) is 5.56 Å². The number of thiophene rings is 1. The van der Waals surface area contributed by atoms with E-state index in [0.29, 0.717) is 12.2 Å². The van der Waals surface area contributed by atoms with Gasteiger partial charge < -0.3 is 14.8 Å². The van der Waals surface area contributed by atoms with E-state index in [9.17, 15) is 13.6 Å². The van der Waals surface area contributed by atoms with Gasteiger partial charge in [-0.15, -0.1) is 8.78 Å². The van der Waals surface area contributed by atoms with E-state index >= 15 is 0 Å². The van der Waals surface area contributed by atoms with Gasteiger partial charge in [0.05, 0.1) is 6.54 Å². The molecule has 0 atom stereocenters. The fraction of sp³-hybridized carbons (Fsp3) is 0.267. The number of likely N-dealkylation sites (N-methyl/N-ethyl adjacent to an activating group) is 1. The Morgan fingerprint density at radius 2 is 2.09 bits per heavy atom. The normalized spacial score (nSPS) is 15.0. The number of fused-ring (bicyclic) bond motifs is 1. The number of alkyl halides is 2. The van der Waals surface area contributed by atoms with Crippen LogP contribution in [0.25, 0.3) is 0 Å². The number of halogens is 2. The maximum Gasteiger partial charge on any atom is 0.586 e. The first kappa shape index (κ1) is 15.7. The third kappa shape index (κ3) is 3.96. The van der Waals surface area contributed by atoms with Crippen LogP contribution < -0.4 is 14.8 Å². The summed E-state index contributed by atoms with van der Waals surface area (Å²) < 4.78 is 34.5. The summed E-state index contributed by atoms with van der Waals surface area (Å²) in [5.74, 6) is -0.393. The number of carbonyl (C=O) groups excluding carboxylic acids is 1. The van der Waals surface area contributed by atoms with E-state index < -0.39 is 6.29 Å². The van der Waals surface area contributed by atoms with E-state index in [0.717, 1.165) is 5.56 Å². The molecule has 1 aromatic carbocycles. The molecule has 1 aliphatic rings. The first-order valence-electron chi connectivity index (χ1n) is 6.81. The maximum absolute atomic E-state index is 12.9. The molecule has 3 rings (SSSR count). The van der Waals surface area contributed by atoms with Crippen LogP contribution in [0.3, 0.4) is 0 Å². The summed E-state index contributed by atoms with van der Waals surface area (Å²) in [4.78, 5) is 13.9. The number of benzene rings is 1. The highest BCUT2D eigenvalue weighted by atomic mass is 32.1. The van der Waals surface area contributed by atoms with Crippen molar-refractivity contribution in [3.05, 3.63) is 40.6 Å². The first-order valence-corrected chi connectivity index (χ1v) is 7.75. The molecule has 0 bridgehead atoms. The van der Waals surface area contributed by atoms with Crippen molar-refractivity contribution in [1.29, 1.82) is 0 Å². The zero-order valence-corrected chi connectivity index (χ0v) is 13.0. The van der Waals surface area contributed by atoms with Gasteiger partial charge in [0.25, 0.3) is 0 Å². The molecule has 8 heteroatoms. The fourth-order valence-corrected chi connectivity index (χ4v) is 2.88. The third-order valence-electron chi connectivity index (χ3n) is 3.13. The fourth-order valence-electron chi connectivity index (χ4n) is 2.22. The summed E-state index contributed by atoms with van der Waals surface area (Å²) in [6.07, 6.45) is -3.66. The second-order valence-electron chi connectivity index (χ2n) is 5.18. The van der Waals surface area contributed by atoms with E-state index in [4.69, 9.17) is 0 Å². The van der Waals surface area contributed by atoms with Crippen molar-refractivity contribution < 1.29 is 23.0 Å². The van der Waals surface area contributed by atoms with Crippen LogP contribution in [0.15, 0.2) is 35.0 Å². The SMILES string of the molecule is CN(CC(=O)Nc1ccc2c(c1)OC(F)(F)O2)Cc1ccsc1. The van der Waals surface area contributed by atoms with Gasteiger partial charge in [-0.25, -0.2) is 0 Å². The molecule has 5 nitrogen and oxygen atoms in total. The Bertz CT molecular complexity index is 707. The molecule has 0 fully saturated rings. The van der Waals surface area contributed by atoms with Crippen LogP contribution in [0.4, 0.5) is 14.5 Å². The molecule has 23 heavy (non-hydrogen) atoms. The number of rotatable bonds is 5. The van der Waals surface area contributed by atoms with Gasteiger partial charge in [-0.1, -0.05) is 0 Å². The van der Waals surface area contributed by atoms with Crippen LogP contribution in [0, 0.1) is 0 Å². The first-order chi connectivity index (χ1) is 10.9. The van der Waals surface area contributed by atoms with E-state index in [2.05, 4.69) is 14.8 Å². The standard InChI is InChI=1S/C15H14F2N2O3S/c1-19(7-10-4-5-23-9-10)8-14(20)18-11-2-3-12-13(6-11)22-15(16,17)21-12/h2-6,9H,7-8H2,1H3,(H,18,20). The lowest BCUT2D eigenvalue weighted by molar-refractivity contribution is -0.286. The monoisotopic (exact) mass is 340 g/mol. The quantitative estimate of drug-likeness (QED) is 0.908. The number of amides is 1. The maximum atomic E-state index is 12.9. The molecule has 2 heterocycles. The lowest BCUT2D eigenvalue weighted by atomic mass is 10.2. The van der Waals surface area contributed by atoms with Crippen molar-refractivity contribution >= 4 is 22.9 Å². The minimum atomic E-state index is -3.66. The average molecular weight is 340 g/mol. The summed E-state index contributed by atoms with van der Waals surface area (Å²) in [6, 6.07) is 6.13. The van der Waals surface area contributed by atoms with Gasteiger partial charge in [0, 0.05) is 18.3 Å². The Balaban J connectivity index is 1.56. The van der Waals surface area contributed by atoms with Crippen LogP contribution in [-0.4, -0.2) is 30.7 Å². The van der Waals surface area contributed by atoms with Crippen LogP contribution in [0.5, 0.6) is 11.5 Å². The van der Waals surface area contributed by atoms with Gasteiger partial charge in [-0.05, 0) is 41.6 Å². The molecule has 0 radical (unpaired) electrons. The number of hydrogen-bond acceptors (Lipinski definition) is 5. The predicted molar refractivity (Wildman–Crippen MR) is 81.9 cm³/mol. The van der Waals surface area contributed by atoms with Gasteiger partial charge in [0.1, 0.15) is 0 Å². The van der Waals surface area contributed by atoms with Crippen molar-refractivity contribution in [2.24, 2.45) is 0 Å². The Hall–Kier alpha value is -2.19.